The molecular weight excluding hydrogens is 337 g/mol. The summed E-state index contributed by atoms with van der Waals surface area (Å²) >= 11 is 12.0. The predicted molar refractivity (Wildman–Crippen MR) is 92.5 cm³/mol. The molecule has 1 aromatic rings. The first-order chi connectivity index (χ1) is 10.8. The first-order valence-electron chi connectivity index (χ1n) is 7.10. The molecule has 0 fully saturated rings. The molecule has 2 unspecified atom stereocenters. The molecule has 4 nitrogen and oxygen atoms in total. The summed E-state index contributed by atoms with van der Waals surface area (Å²) < 4.78 is 5.02. The Hall–Kier alpha value is -1.78. The van der Waals surface area contributed by atoms with E-state index in [-0.39, 0.29) is 6.04 Å². The SMILES string of the molecule is C/C=C/C=C/C(=O)OC(C)C(=O)NC(C)c1ccc(Cl)cc1Cl. The lowest BCUT2D eigenvalue weighted by atomic mass is 10.1. The monoisotopic (exact) mass is 355 g/mol. The predicted octanol–water partition coefficient (Wildman–Crippen LogP) is 4.23. The van der Waals surface area contributed by atoms with Gasteiger partial charge in [-0.1, -0.05) is 47.5 Å². The lowest BCUT2D eigenvalue weighted by molar-refractivity contribution is -0.150. The number of hydrogen-bond acceptors (Lipinski definition) is 3. The minimum absolute atomic E-state index is 0.341. The van der Waals surface area contributed by atoms with Crippen LogP contribution < -0.4 is 5.32 Å². The highest BCUT2D eigenvalue weighted by Gasteiger charge is 2.20. The molecule has 2 atom stereocenters. The molecule has 0 radical (unpaired) electrons. The third-order valence-electron chi connectivity index (χ3n) is 2.99. The summed E-state index contributed by atoms with van der Waals surface area (Å²) in [5, 5.41) is 3.73. The second-order valence-electron chi connectivity index (χ2n) is 4.86. The van der Waals surface area contributed by atoms with Gasteiger partial charge in [-0.25, -0.2) is 4.79 Å². The Labute approximate surface area is 146 Å². The Morgan fingerprint density at radius 3 is 2.52 bits per heavy atom. The van der Waals surface area contributed by atoms with Crippen molar-refractivity contribution in [1.82, 2.24) is 5.32 Å². The summed E-state index contributed by atoms with van der Waals surface area (Å²) in [5.74, 6) is -0.987. The van der Waals surface area contributed by atoms with Gasteiger partial charge < -0.3 is 10.1 Å². The number of halogens is 2. The average molecular weight is 356 g/mol. The number of carbonyl (C=O) groups excluding carboxylic acids is 2. The number of esters is 1. The summed E-state index contributed by atoms with van der Waals surface area (Å²) in [5.41, 5.74) is 0.732. The summed E-state index contributed by atoms with van der Waals surface area (Å²) in [6, 6.07) is 4.70. The number of ether oxygens (including phenoxy) is 1. The van der Waals surface area contributed by atoms with E-state index in [2.05, 4.69) is 5.32 Å². The summed E-state index contributed by atoms with van der Waals surface area (Å²) in [7, 11) is 0. The third-order valence-corrected chi connectivity index (χ3v) is 3.55. The number of benzene rings is 1. The molecule has 1 N–H and O–H groups in total. The second kappa shape index (κ2) is 9.38. The van der Waals surface area contributed by atoms with Crippen molar-refractivity contribution in [1.29, 1.82) is 0 Å². The number of carbonyl (C=O) groups is 2. The molecule has 0 aromatic heterocycles. The van der Waals surface area contributed by atoms with Gasteiger partial charge >= 0.3 is 5.97 Å². The van der Waals surface area contributed by atoms with Crippen molar-refractivity contribution in [3.05, 3.63) is 58.1 Å². The van der Waals surface area contributed by atoms with Crippen molar-refractivity contribution in [2.75, 3.05) is 0 Å². The fourth-order valence-electron chi connectivity index (χ4n) is 1.77. The standard InChI is InChI=1S/C17H19Cl2NO3/c1-4-5-6-7-16(21)23-12(3)17(22)20-11(2)14-9-8-13(18)10-15(14)19/h4-12H,1-3H3,(H,20,22)/b5-4+,7-6+. The van der Waals surface area contributed by atoms with Crippen LogP contribution in [0, 0.1) is 0 Å². The Kier molecular flexibility index (Phi) is 7.86. The van der Waals surface area contributed by atoms with Gasteiger partial charge in [0.25, 0.3) is 5.91 Å². The summed E-state index contributed by atoms with van der Waals surface area (Å²) in [6.07, 6.45) is 5.35. The zero-order valence-corrected chi connectivity index (χ0v) is 14.7. The van der Waals surface area contributed by atoms with Crippen LogP contribution >= 0.6 is 23.2 Å². The second-order valence-corrected chi connectivity index (χ2v) is 5.70. The molecule has 0 saturated heterocycles. The topological polar surface area (TPSA) is 55.4 Å². The lowest BCUT2D eigenvalue weighted by Gasteiger charge is -2.19. The van der Waals surface area contributed by atoms with Crippen molar-refractivity contribution in [2.45, 2.75) is 32.9 Å². The Balaban J connectivity index is 2.62. The van der Waals surface area contributed by atoms with E-state index in [1.807, 2.05) is 6.92 Å². The van der Waals surface area contributed by atoms with Crippen LogP contribution in [0.2, 0.25) is 10.0 Å². The molecule has 0 heterocycles. The van der Waals surface area contributed by atoms with Crippen LogP contribution in [-0.2, 0) is 14.3 Å². The highest BCUT2D eigenvalue weighted by molar-refractivity contribution is 6.35. The maximum atomic E-state index is 12.1. The molecule has 6 heteroatoms. The molecule has 0 aliphatic rings. The fourth-order valence-corrected chi connectivity index (χ4v) is 2.35. The molecule has 1 aromatic carbocycles. The van der Waals surface area contributed by atoms with Crippen LogP contribution in [0.3, 0.4) is 0 Å². The van der Waals surface area contributed by atoms with Gasteiger partial charge in [-0.15, -0.1) is 0 Å². The van der Waals surface area contributed by atoms with E-state index in [4.69, 9.17) is 27.9 Å². The van der Waals surface area contributed by atoms with Gasteiger partial charge in [0.05, 0.1) is 6.04 Å². The Morgan fingerprint density at radius 2 is 1.91 bits per heavy atom. The highest BCUT2D eigenvalue weighted by Crippen LogP contribution is 2.26. The van der Waals surface area contributed by atoms with Crippen molar-refractivity contribution in [3.8, 4) is 0 Å². The van der Waals surface area contributed by atoms with E-state index in [0.29, 0.717) is 10.0 Å². The molecular formula is C17H19Cl2NO3. The van der Waals surface area contributed by atoms with Gasteiger partial charge in [0.2, 0.25) is 0 Å². The van der Waals surface area contributed by atoms with Crippen LogP contribution in [0.4, 0.5) is 0 Å². The molecule has 0 saturated carbocycles. The van der Waals surface area contributed by atoms with Crippen molar-refractivity contribution in [2.24, 2.45) is 0 Å². The number of allylic oxidation sites excluding steroid dienone is 3. The normalized spacial score (nSPS) is 14.0. The maximum Gasteiger partial charge on any atom is 0.331 e. The van der Waals surface area contributed by atoms with Crippen LogP contribution in [0.15, 0.2) is 42.5 Å². The molecule has 1 amide bonds. The van der Waals surface area contributed by atoms with Crippen LogP contribution in [0.1, 0.15) is 32.4 Å². The van der Waals surface area contributed by atoms with Gasteiger partial charge in [0.1, 0.15) is 0 Å². The van der Waals surface area contributed by atoms with Gasteiger partial charge in [-0.05, 0) is 38.5 Å². The quantitative estimate of drug-likeness (QED) is 0.471. The van der Waals surface area contributed by atoms with E-state index in [1.165, 1.54) is 13.0 Å². The van der Waals surface area contributed by atoms with E-state index < -0.39 is 18.0 Å². The summed E-state index contributed by atoms with van der Waals surface area (Å²) in [6.45, 7) is 5.12. The third kappa shape index (κ3) is 6.47. The largest absolute Gasteiger partial charge is 0.449 e. The number of amides is 1. The van der Waals surface area contributed by atoms with Crippen molar-refractivity contribution >= 4 is 35.1 Å². The van der Waals surface area contributed by atoms with Gasteiger partial charge in [-0.3, -0.25) is 4.79 Å². The molecule has 124 valence electrons. The van der Waals surface area contributed by atoms with E-state index >= 15 is 0 Å². The molecule has 0 bridgehead atoms. The van der Waals surface area contributed by atoms with E-state index in [1.54, 1.807) is 43.4 Å². The number of hydrogen-bond donors (Lipinski definition) is 1. The first-order valence-corrected chi connectivity index (χ1v) is 7.86. The van der Waals surface area contributed by atoms with Gasteiger partial charge in [0.15, 0.2) is 6.10 Å². The zero-order chi connectivity index (χ0) is 17.4. The fraction of sp³-hybridized carbons (Fsp3) is 0.294. The number of rotatable bonds is 6. The minimum Gasteiger partial charge on any atom is -0.449 e. The number of nitrogens with one attached hydrogen (secondary N) is 1. The highest BCUT2D eigenvalue weighted by atomic mass is 35.5. The van der Waals surface area contributed by atoms with Crippen LogP contribution in [0.5, 0.6) is 0 Å². The molecule has 23 heavy (non-hydrogen) atoms. The van der Waals surface area contributed by atoms with Crippen molar-refractivity contribution in [3.63, 3.8) is 0 Å². The summed E-state index contributed by atoms with van der Waals surface area (Å²) in [4.78, 5) is 23.6. The molecule has 1 rings (SSSR count). The van der Waals surface area contributed by atoms with Gasteiger partial charge in [-0.2, -0.15) is 0 Å². The van der Waals surface area contributed by atoms with E-state index in [0.717, 1.165) is 5.56 Å². The average Bonchev–Trinajstić information content (AvgIpc) is 2.47. The van der Waals surface area contributed by atoms with Crippen LogP contribution in [0.25, 0.3) is 0 Å². The van der Waals surface area contributed by atoms with Crippen molar-refractivity contribution < 1.29 is 14.3 Å². The molecule has 0 aliphatic carbocycles. The van der Waals surface area contributed by atoms with Gasteiger partial charge in [0, 0.05) is 16.1 Å². The molecule has 0 aliphatic heterocycles. The first kappa shape index (κ1) is 19.3. The lowest BCUT2D eigenvalue weighted by Crippen LogP contribution is -2.37. The minimum atomic E-state index is -0.911. The molecule has 0 spiro atoms. The van der Waals surface area contributed by atoms with E-state index in [9.17, 15) is 9.59 Å². The van der Waals surface area contributed by atoms with Crippen LogP contribution in [-0.4, -0.2) is 18.0 Å². The smallest absolute Gasteiger partial charge is 0.331 e. The Morgan fingerprint density at radius 1 is 1.22 bits per heavy atom. The zero-order valence-electron chi connectivity index (χ0n) is 13.2. The Bertz CT molecular complexity index is 626. The maximum absolute atomic E-state index is 12.1.